The highest BCUT2D eigenvalue weighted by Crippen LogP contribution is 2.18. The molecule has 0 fully saturated rings. The molecule has 96 valence electrons. The van der Waals surface area contributed by atoms with E-state index in [1.165, 1.54) is 6.07 Å². The number of para-hydroxylation sites is 1. The normalized spacial score (nSPS) is 10.9. The summed E-state index contributed by atoms with van der Waals surface area (Å²) in [6.45, 7) is 3.14. The molecule has 0 aromatic heterocycles. The molecule has 17 heavy (non-hydrogen) atoms. The monoisotopic (exact) mass is 239 g/mol. The highest BCUT2D eigenvalue weighted by atomic mass is 19.1. The molecular weight excluding hydrogens is 217 g/mol. The van der Waals surface area contributed by atoms with Crippen molar-refractivity contribution in [3.05, 3.63) is 30.1 Å². The van der Waals surface area contributed by atoms with Crippen LogP contribution in [0, 0.1) is 5.82 Å². The molecule has 3 nitrogen and oxygen atoms in total. The lowest BCUT2D eigenvalue weighted by Gasteiger charge is -2.26. The van der Waals surface area contributed by atoms with E-state index >= 15 is 0 Å². The van der Waals surface area contributed by atoms with E-state index in [4.69, 9.17) is 5.73 Å². The average Bonchev–Trinajstić information content (AvgIpc) is 2.30. The van der Waals surface area contributed by atoms with Crippen molar-refractivity contribution in [2.24, 2.45) is 5.73 Å². The van der Waals surface area contributed by atoms with Crippen molar-refractivity contribution in [3.8, 4) is 0 Å². The summed E-state index contributed by atoms with van der Waals surface area (Å²) in [5, 5.41) is 0. The standard InChI is InChI=1S/C13H22FN3/c1-16(2)10-11-17(9-5-8-15)13-7-4-3-6-12(13)14/h3-4,6-7H,5,8-11,15H2,1-2H3. The first kappa shape index (κ1) is 13.9. The Kier molecular flexibility index (Phi) is 5.94. The molecule has 1 aromatic rings. The first-order valence-electron chi connectivity index (χ1n) is 5.99. The van der Waals surface area contributed by atoms with E-state index in [0.717, 1.165) is 26.1 Å². The van der Waals surface area contributed by atoms with Crippen molar-refractivity contribution in [1.29, 1.82) is 0 Å². The topological polar surface area (TPSA) is 32.5 Å². The second-order valence-electron chi connectivity index (χ2n) is 4.38. The van der Waals surface area contributed by atoms with Gasteiger partial charge in [-0.3, -0.25) is 0 Å². The predicted octanol–water partition coefficient (Wildman–Crippen LogP) is 1.54. The van der Waals surface area contributed by atoms with Crippen LogP contribution in [0.15, 0.2) is 24.3 Å². The van der Waals surface area contributed by atoms with E-state index in [0.29, 0.717) is 12.2 Å². The van der Waals surface area contributed by atoms with Crippen LogP contribution in [0.1, 0.15) is 6.42 Å². The molecule has 1 aromatic carbocycles. The van der Waals surface area contributed by atoms with Crippen molar-refractivity contribution in [3.63, 3.8) is 0 Å². The summed E-state index contributed by atoms with van der Waals surface area (Å²) in [6.07, 6.45) is 0.877. The van der Waals surface area contributed by atoms with E-state index in [9.17, 15) is 4.39 Å². The SMILES string of the molecule is CN(C)CCN(CCCN)c1ccccc1F. The summed E-state index contributed by atoms with van der Waals surface area (Å²) in [5.74, 6) is -0.164. The van der Waals surface area contributed by atoms with Gasteiger partial charge in [0.2, 0.25) is 0 Å². The van der Waals surface area contributed by atoms with E-state index < -0.39 is 0 Å². The summed E-state index contributed by atoms with van der Waals surface area (Å²) in [4.78, 5) is 4.15. The lowest BCUT2D eigenvalue weighted by molar-refractivity contribution is 0.411. The Morgan fingerprint density at radius 1 is 1.12 bits per heavy atom. The van der Waals surface area contributed by atoms with Crippen LogP contribution in [-0.2, 0) is 0 Å². The van der Waals surface area contributed by atoms with Gasteiger partial charge in [0.15, 0.2) is 0 Å². The van der Waals surface area contributed by atoms with Gasteiger partial charge < -0.3 is 15.5 Å². The Bertz CT molecular complexity index is 328. The van der Waals surface area contributed by atoms with Crippen LogP contribution in [0.25, 0.3) is 0 Å². The summed E-state index contributed by atoms with van der Waals surface area (Å²) in [5.41, 5.74) is 6.19. The Balaban J connectivity index is 2.71. The van der Waals surface area contributed by atoms with Crippen molar-refractivity contribution >= 4 is 5.69 Å². The number of nitrogens with zero attached hydrogens (tertiary/aromatic N) is 2. The molecule has 0 spiro atoms. The molecule has 0 atom stereocenters. The van der Waals surface area contributed by atoms with E-state index in [-0.39, 0.29) is 5.82 Å². The average molecular weight is 239 g/mol. The molecule has 0 heterocycles. The number of nitrogens with two attached hydrogens (primary N) is 1. The summed E-state index contributed by atoms with van der Waals surface area (Å²) < 4.78 is 13.7. The zero-order chi connectivity index (χ0) is 12.7. The molecule has 0 aliphatic heterocycles. The maximum Gasteiger partial charge on any atom is 0.146 e. The third-order valence-corrected chi connectivity index (χ3v) is 2.64. The van der Waals surface area contributed by atoms with Crippen molar-refractivity contribution in [1.82, 2.24) is 4.90 Å². The van der Waals surface area contributed by atoms with Crippen molar-refractivity contribution in [2.75, 3.05) is 45.2 Å². The van der Waals surface area contributed by atoms with Crippen molar-refractivity contribution < 1.29 is 4.39 Å². The zero-order valence-corrected chi connectivity index (χ0v) is 10.7. The minimum absolute atomic E-state index is 0.164. The van der Waals surface area contributed by atoms with Crippen LogP contribution in [0.5, 0.6) is 0 Å². The number of halogens is 1. The second kappa shape index (κ2) is 7.25. The van der Waals surface area contributed by atoms with Crippen LogP contribution in [0.2, 0.25) is 0 Å². The minimum atomic E-state index is -0.164. The van der Waals surface area contributed by atoms with Crippen LogP contribution < -0.4 is 10.6 Å². The quantitative estimate of drug-likeness (QED) is 0.783. The predicted molar refractivity (Wildman–Crippen MR) is 70.8 cm³/mol. The fraction of sp³-hybridized carbons (Fsp3) is 0.538. The molecule has 0 aliphatic rings. The van der Waals surface area contributed by atoms with E-state index in [1.54, 1.807) is 6.07 Å². The fourth-order valence-corrected chi connectivity index (χ4v) is 1.66. The lowest BCUT2D eigenvalue weighted by Crippen LogP contribution is -2.33. The van der Waals surface area contributed by atoms with Gasteiger partial charge in [-0.2, -0.15) is 0 Å². The summed E-state index contributed by atoms with van der Waals surface area (Å²) in [7, 11) is 4.03. The van der Waals surface area contributed by atoms with Gasteiger partial charge in [-0.25, -0.2) is 4.39 Å². The largest absolute Gasteiger partial charge is 0.368 e. The third-order valence-electron chi connectivity index (χ3n) is 2.64. The van der Waals surface area contributed by atoms with Crippen LogP contribution in [0.4, 0.5) is 10.1 Å². The minimum Gasteiger partial charge on any atom is -0.368 e. The molecule has 0 aliphatic carbocycles. The molecule has 0 bridgehead atoms. The molecule has 2 N–H and O–H groups in total. The Labute approximate surface area is 103 Å². The summed E-state index contributed by atoms with van der Waals surface area (Å²) >= 11 is 0. The Morgan fingerprint density at radius 3 is 2.41 bits per heavy atom. The highest BCUT2D eigenvalue weighted by Gasteiger charge is 2.10. The van der Waals surface area contributed by atoms with Gasteiger partial charge in [0.25, 0.3) is 0 Å². The van der Waals surface area contributed by atoms with Gasteiger partial charge in [-0.05, 0) is 39.2 Å². The molecule has 0 radical (unpaired) electrons. The van der Waals surface area contributed by atoms with Gasteiger partial charge in [-0.15, -0.1) is 0 Å². The number of hydrogen-bond acceptors (Lipinski definition) is 3. The van der Waals surface area contributed by atoms with Crippen LogP contribution >= 0.6 is 0 Å². The van der Waals surface area contributed by atoms with E-state index in [2.05, 4.69) is 9.80 Å². The Morgan fingerprint density at radius 2 is 1.82 bits per heavy atom. The zero-order valence-electron chi connectivity index (χ0n) is 10.7. The molecule has 0 amide bonds. The van der Waals surface area contributed by atoms with E-state index in [1.807, 2.05) is 26.2 Å². The van der Waals surface area contributed by atoms with Gasteiger partial charge >= 0.3 is 0 Å². The fourth-order valence-electron chi connectivity index (χ4n) is 1.66. The Hall–Kier alpha value is -1.13. The second-order valence-corrected chi connectivity index (χ2v) is 4.38. The highest BCUT2D eigenvalue weighted by molar-refractivity contribution is 5.47. The first-order chi connectivity index (χ1) is 8.15. The maximum absolute atomic E-state index is 13.7. The third kappa shape index (κ3) is 4.71. The number of hydrogen-bond donors (Lipinski definition) is 1. The molecule has 4 heteroatoms. The maximum atomic E-state index is 13.7. The van der Waals surface area contributed by atoms with Crippen LogP contribution in [-0.4, -0.2) is 45.2 Å². The van der Waals surface area contributed by atoms with Crippen LogP contribution in [0.3, 0.4) is 0 Å². The van der Waals surface area contributed by atoms with Gasteiger partial charge in [-0.1, -0.05) is 12.1 Å². The van der Waals surface area contributed by atoms with Gasteiger partial charge in [0.05, 0.1) is 5.69 Å². The lowest BCUT2D eigenvalue weighted by atomic mass is 10.2. The van der Waals surface area contributed by atoms with Gasteiger partial charge in [0.1, 0.15) is 5.82 Å². The molecule has 0 unspecified atom stereocenters. The molecule has 0 saturated carbocycles. The number of likely N-dealkylation sites (N-methyl/N-ethyl adjacent to an activating group) is 1. The molecular formula is C13H22FN3. The number of benzene rings is 1. The first-order valence-corrected chi connectivity index (χ1v) is 5.99. The summed E-state index contributed by atoms with van der Waals surface area (Å²) in [6, 6.07) is 6.90. The van der Waals surface area contributed by atoms with Gasteiger partial charge in [0, 0.05) is 19.6 Å². The number of anilines is 1. The molecule has 0 saturated heterocycles. The smallest absolute Gasteiger partial charge is 0.146 e. The number of rotatable bonds is 7. The van der Waals surface area contributed by atoms with Crippen molar-refractivity contribution in [2.45, 2.75) is 6.42 Å². The molecule has 1 rings (SSSR count).